The maximum Gasteiger partial charge on any atom is 0.407 e. The van der Waals surface area contributed by atoms with E-state index in [-0.39, 0.29) is 5.92 Å². The average molecular weight is 432 g/mol. The molecule has 1 N–H and O–H groups in total. The number of alkyl carbamates (subject to hydrolysis) is 1. The summed E-state index contributed by atoms with van der Waals surface area (Å²) in [6.45, 7) is 4.95. The van der Waals surface area contributed by atoms with Gasteiger partial charge in [-0.05, 0) is 53.8 Å². The van der Waals surface area contributed by atoms with Gasteiger partial charge in [-0.2, -0.15) is 0 Å². The Kier molecular flexibility index (Phi) is 6.47. The van der Waals surface area contributed by atoms with Crippen LogP contribution >= 0.6 is 0 Å². The standard InChI is InChI=1S/C27H29NO4/c1-27(2,18-31-16-19-12-14-20(30-3)15-13-19)28-26(29)32-17-25-23-10-6-4-8-21(23)22-9-5-7-11-24(22)25/h4-15,25H,16-18H2,1-3H3,(H,28,29). The van der Waals surface area contributed by atoms with Gasteiger partial charge in [0.15, 0.2) is 0 Å². The van der Waals surface area contributed by atoms with Crippen molar-refractivity contribution in [2.45, 2.75) is 31.9 Å². The topological polar surface area (TPSA) is 56.8 Å². The van der Waals surface area contributed by atoms with Crippen LogP contribution in [-0.4, -0.2) is 32.0 Å². The molecule has 0 heterocycles. The molecule has 3 aromatic carbocycles. The number of rotatable bonds is 8. The summed E-state index contributed by atoms with van der Waals surface area (Å²) in [5, 5.41) is 2.93. The number of carbonyl (C=O) groups is 1. The van der Waals surface area contributed by atoms with Crippen molar-refractivity contribution in [3.05, 3.63) is 89.5 Å². The predicted molar refractivity (Wildman–Crippen MR) is 125 cm³/mol. The molecule has 0 atom stereocenters. The summed E-state index contributed by atoms with van der Waals surface area (Å²) < 4.78 is 16.6. The van der Waals surface area contributed by atoms with Crippen molar-refractivity contribution in [2.24, 2.45) is 0 Å². The van der Waals surface area contributed by atoms with Gasteiger partial charge in [0, 0.05) is 5.92 Å². The summed E-state index contributed by atoms with van der Waals surface area (Å²) in [6.07, 6.45) is -0.440. The molecule has 3 aromatic rings. The van der Waals surface area contributed by atoms with Crippen molar-refractivity contribution < 1.29 is 19.0 Å². The van der Waals surface area contributed by atoms with E-state index in [1.54, 1.807) is 7.11 Å². The van der Waals surface area contributed by atoms with Crippen molar-refractivity contribution in [3.8, 4) is 16.9 Å². The highest BCUT2D eigenvalue weighted by Gasteiger charge is 2.30. The summed E-state index contributed by atoms with van der Waals surface area (Å²) in [5.41, 5.74) is 5.30. The molecule has 0 saturated heterocycles. The first kappa shape index (κ1) is 21.9. The molecular formula is C27H29NO4. The number of hydrogen-bond donors (Lipinski definition) is 1. The van der Waals surface area contributed by atoms with Gasteiger partial charge in [0.05, 0.1) is 25.9 Å². The number of nitrogens with one attached hydrogen (secondary N) is 1. The second kappa shape index (κ2) is 9.45. The lowest BCUT2D eigenvalue weighted by Crippen LogP contribution is -2.47. The van der Waals surface area contributed by atoms with Gasteiger partial charge in [-0.3, -0.25) is 0 Å². The molecule has 1 aliphatic rings. The van der Waals surface area contributed by atoms with Gasteiger partial charge in [0.25, 0.3) is 0 Å². The van der Waals surface area contributed by atoms with Crippen LogP contribution in [0.25, 0.3) is 11.1 Å². The lowest BCUT2D eigenvalue weighted by molar-refractivity contribution is 0.0643. The van der Waals surface area contributed by atoms with Crippen LogP contribution in [0.5, 0.6) is 5.75 Å². The van der Waals surface area contributed by atoms with E-state index in [4.69, 9.17) is 14.2 Å². The molecule has 0 unspecified atom stereocenters. The molecule has 0 spiro atoms. The van der Waals surface area contributed by atoms with Crippen LogP contribution in [-0.2, 0) is 16.1 Å². The Bertz CT molecular complexity index is 1030. The predicted octanol–water partition coefficient (Wildman–Crippen LogP) is 5.53. The van der Waals surface area contributed by atoms with Crippen molar-refractivity contribution in [1.82, 2.24) is 5.32 Å². The number of carbonyl (C=O) groups excluding carboxylic acids is 1. The van der Waals surface area contributed by atoms with Gasteiger partial charge >= 0.3 is 6.09 Å². The average Bonchev–Trinajstić information content (AvgIpc) is 3.11. The minimum absolute atomic E-state index is 0.0441. The Morgan fingerprint density at radius 3 is 2.09 bits per heavy atom. The molecule has 32 heavy (non-hydrogen) atoms. The number of fused-ring (bicyclic) bond motifs is 3. The van der Waals surface area contributed by atoms with Gasteiger partial charge in [-0.15, -0.1) is 0 Å². The van der Waals surface area contributed by atoms with Gasteiger partial charge in [-0.25, -0.2) is 4.79 Å². The zero-order valence-corrected chi connectivity index (χ0v) is 18.8. The van der Waals surface area contributed by atoms with Crippen LogP contribution in [0.15, 0.2) is 72.8 Å². The van der Waals surface area contributed by atoms with Crippen molar-refractivity contribution in [2.75, 3.05) is 20.3 Å². The SMILES string of the molecule is COc1ccc(COCC(C)(C)NC(=O)OCC2c3ccccc3-c3ccccc32)cc1. The molecule has 0 fully saturated rings. The Balaban J connectivity index is 1.29. The number of ether oxygens (including phenoxy) is 3. The number of methoxy groups -OCH3 is 1. The molecule has 0 saturated carbocycles. The van der Waals surface area contributed by atoms with Crippen molar-refractivity contribution >= 4 is 6.09 Å². The zero-order chi connectivity index (χ0) is 22.6. The first-order chi connectivity index (χ1) is 15.5. The lowest BCUT2D eigenvalue weighted by Gasteiger charge is -2.26. The number of amides is 1. The Morgan fingerprint density at radius 2 is 1.50 bits per heavy atom. The van der Waals surface area contributed by atoms with Crippen molar-refractivity contribution in [3.63, 3.8) is 0 Å². The van der Waals surface area contributed by atoms with Crippen LogP contribution in [0.1, 0.15) is 36.5 Å². The summed E-state index contributed by atoms with van der Waals surface area (Å²) >= 11 is 0. The maximum atomic E-state index is 12.5. The van der Waals surface area contributed by atoms with Crippen LogP contribution in [0.2, 0.25) is 0 Å². The summed E-state index contributed by atoms with van der Waals surface area (Å²) in [4.78, 5) is 12.5. The molecule has 0 bridgehead atoms. The normalized spacial score (nSPS) is 12.7. The smallest absolute Gasteiger partial charge is 0.407 e. The second-order valence-corrected chi connectivity index (χ2v) is 8.68. The fourth-order valence-corrected chi connectivity index (χ4v) is 4.09. The van der Waals surface area contributed by atoms with E-state index in [1.807, 2.05) is 62.4 Å². The Morgan fingerprint density at radius 1 is 0.906 bits per heavy atom. The van der Waals surface area contributed by atoms with E-state index in [0.717, 1.165) is 11.3 Å². The summed E-state index contributed by atoms with van der Waals surface area (Å²) in [7, 11) is 1.64. The van der Waals surface area contributed by atoms with E-state index >= 15 is 0 Å². The van der Waals surface area contributed by atoms with E-state index in [9.17, 15) is 4.79 Å². The molecule has 4 rings (SSSR count). The number of benzene rings is 3. The third kappa shape index (κ3) is 4.94. The van der Waals surface area contributed by atoms with E-state index < -0.39 is 11.6 Å². The molecule has 5 heteroatoms. The van der Waals surface area contributed by atoms with Crippen LogP contribution < -0.4 is 10.1 Å². The second-order valence-electron chi connectivity index (χ2n) is 8.68. The zero-order valence-electron chi connectivity index (χ0n) is 18.8. The fraction of sp³-hybridized carbons (Fsp3) is 0.296. The maximum absolute atomic E-state index is 12.5. The Hall–Kier alpha value is -3.31. The monoisotopic (exact) mass is 431 g/mol. The molecule has 5 nitrogen and oxygen atoms in total. The third-order valence-corrected chi connectivity index (χ3v) is 5.67. The van der Waals surface area contributed by atoms with Gasteiger partial charge in [-0.1, -0.05) is 60.7 Å². The molecule has 166 valence electrons. The third-order valence-electron chi connectivity index (χ3n) is 5.67. The molecule has 1 aliphatic carbocycles. The van der Waals surface area contributed by atoms with Crippen LogP contribution in [0.4, 0.5) is 4.79 Å². The molecule has 0 aliphatic heterocycles. The largest absolute Gasteiger partial charge is 0.497 e. The highest BCUT2D eigenvalue weighted by Crippen LogP contribution is 2.44. The van der Waals surface area contributed by atoms with Crippen LogP contribution in [0.3, 0.4) is 0 Å². The van der Waals surface area contributed by atoms with Gasteiger partial charge in [0.2, 0.25) is 0 Å². The molecular weight excluding hydrogens is 402 g/mol. The summed E-state index contributed by atoms with van der Waals surface area (Å²) in [6, 6.07) is 24.3. The van der Waals surface area contributed by atoms with E-state index in [2.05, 4.69) is 29.6 Å². The minimum atomic E-state index is -0.560. The quantitative estimate of drug-likeness (QED) is 0.510. The Labute approximate surface area is 189 Å². The minimum Gasteiger partial charge on any atom is -0.497 e. The molecule has 0 aromatic heterocycles. The van der Waals surface area contributed by atoms with Crippen molar-refractivity contribution in [1.29, 1.82) is 0 Å². The first-order valence-corrected chi connectivity index (χ1v) is 10.8. The molecule has 0 radical (unpaired) electrons. The highest BCUT2D eigenvalue weighted by molar-refractivity contribution is 5.79. The molecule has 1 amide bonds. The lowest BCUT2D eigenvalue weighted by atomic mass is 9.98. The van der Waals surface area contributed by atoms with Crippen LogP contribution in [0, 0.1) is 0 Å². The highest BCUT2D eigenvalue weighted by atomic mass is 16.5. The summed E-state index contributed by atoms with van der Waals surface area (Å²) in [5.74, 6) is 0.855. The number of hydrogen-bond acceptors (Lipinski definition) is 4. The fourth-order valence-electron chi connectivity index (χ4n) is 4.09. The van der Waals surface area contributed by atoms with Gasteiger partial charge in [0.1, 0.15) is 12.4 Å². The first-order valence-electron chi connectivity index (χ1n) is 10.8. The van der Waals surface area contributed by atoms with E-state index in [0.29, 0.717) is 19.8 Å². The van der Waals surface area contributed by atoms with Gasteiger partial charge < -0.3 is 19.5 Å². The van der Waals surface area contributed by atoms with E-state index in [1.165, 1.54) is 22.3 Å².